The number of tetrazole rings is 1. The van der Waals surface area contributed by atoms with E-state index in [1.165, 1.54) is 11.1 Å². The van der Waals surface area contributed by atoms with E-state index in [0.717, 1.165) is 37.4 Å². The lowest BCUT2D eigenvalue weighted by Gasteiger charge is -2.23. The molecule has 2 aliphatic rings. The maximum absolute atomic E-state index is 13.1. The van der Waals surface area contributed by atoms with Gasteiger partial charge in [-0.3, -0.25) is 4.79 Å². The van der Waals surface area contributed by atoms with E-state index in [1.807, 2.05) is 27.8 Å². The number of hydrogen-bond acceptors (Lipinski definition) is 6. The Balaban J connectivity index is 1.27. The van der Waals surface area contributed by atoms with E-state index >= 15 is 0 Å². The number of aromatic nitrogens is 4. The summed E-state index contributed by atoms with van der Waals surface area (Å²) >= 11 is 0. The lowest BCUT2D eigenvalue weighted by atomic mass is 9.85. The highest BCUT2D eigenvalue weighted by Gasteiger charge is 2.51. The van der Waals surface area contributed by atoms with Crippen molar-refractivity contribution in [2.75, 3.05) is 44.8 Å². The molecule has 3 heterocycles. The minimum Gasteiger partial charge on any atom is -0.383 e. The van der Waals surface area contributed by atoms with Gasteiger partial charge in [0.25, 0.3) is 0 Å². The van der Waals surface area contributed by atoms with Gasteiger partial charge in [0, 0.05) is 33.3 Å². The largest absolute Gasteiger partial charge is 0.383 e. The van der Waals surface area contributed by atoms with Gasteiger partial charge in [0.15, 0.2) is 0 Å². The van der Waals surface area contributed by atoms with Crippen LogP contribution >= 0.6 is 0 Å². The molecule has 32 heavy (non-hydrogen) atoms. The second-order valence-electron chi connectivity index (χ2n) is 8.69. The Labute approximate surface area is 187 Å². The topological polar surface area (TPSA) is 76.4 Å². The average Bonchev–Trinajstić information content (AvgIpc) is 3.54. The summed E-state index contributed by atoms with van der Waals surface area (Å²) in [6, 6.07) is 18.8. The first-order chi connectivity index (χ1) is 15.7. The standard InChI is InChI=1S/C24H28N6O2/c1-32-16-15-28-13-11-24(22(28)31)12-14-29(18-24)23-25-26-27-30(23)17-19-7-9-21(10-8-19)20-5-3-2-4-6-20/h2-10H,11-18H2,1H3. The summed E-state index contributed by atoms with van der Waals surface area (Å²) < 4.78 is 6.99. The fourth-order valence-corrected chi connectivity index (χ4v) is 4.86. The van der Waals surface area contributed by atoms with E-state index in [4.69, 9.17) is 4.74 Å². The van der Waals surface area contributed by atoms with Crippen molar-refractivity contribution < 1.29 is 9.53 Å². The van der Waals surface area contributed by atoms with Crippen molar-refractivity contribution in [1.29, 1.82) is 0 Å². The van der Waals surface area contributed by atoms with E-state index in [0.29, 0.717) is 26.2 Å². The molecule has 1 spiro atoms. The number of amides is 1. The molecule has 1 atom stereocenters. The molecule has 8 heteroatoms. The Morgan fingerprint density at radius 1 is 1.00 bits per heavy atom. The maximum Gasteiger partial charge on any atom is 0.245 e. The molecule has 1 unspecified atom stereocenters. The number of hydrogen-bond donors (Lipinski definition) is 0. The summed E-state index contributed by atoms with van der Waals surface area (Å²) in [4.78, 5) is 17.2. The van der Waals surface area contributed by atoms with Crippen LogP contribution in [0.3, 0.4) is 0 Å². The second kappa shape index (κ2) is 8.70. The molecule has 3 aromatic rings. The molecular weight excluding hydrogens is 404 g/mol. The number of methoxy groups -OCH3 is 1. The van der Waals surface area contributed by atoms with Crippen molar-refractivity contribution in [2.24, 2.45) is 5.41 Å². The highest BCUT2D eigenvalue weighted by atomic mass is 16.5. The van der Waals surface area contributed by atoms with Gasteiger partial charge in [0.2, 0.25) is 11.9 Å². The van der Waals surface area contributed by atoms with Crippen LogP contribution in [0, 0.1) is 5.41 Å². The molecule has 0 N–H and O–H groups in total. The predicted molar refractivity (Wildman–Crippen MR) is 121 cm³/mol. The van der Waals surface area contributed by atoms with Gasteiger partial charge in [-0.05, 0) is 40.0 Å². The first-order valence-electron chi connectivity index (χ1n) is 11.1. The van der Waals surface area contributed by atoms with Crippen LogP contribution in [0.1, 0.15) is 18.4 Å². The van der Waals surface area contributed by atoms with Crippen molar-refractivity contribution >= 4 is 11.9 Å². The molecule has 2 fully saturated rings. The summed E-state index contributed by atoms with van der Waals surface area (Å²) in [5.41, 5.74) is 3.20. The summed E-state index contributed by atoms with van der Waals surface area (Å²) in [6.07, 6.45) is 1.72. The molecule has 2 aliphatic heterocycles. The number of rotatable bonds is 7. The zero-order chi connectivity index (χ0) is 22.0. The van der Waals surface area contributed by atoms with Gasteiger partial charge >= 0.3 is 0 Å². The minimum absolute atomic E-state index is 0.243. The van der Waals surface area contributed by atoms with E-state index in [2.05, 4.69) is 56.8 Å². The molecule has 166 valence electrons. The number of carbonyl (C=O) groups excluding carboxylic acids is 1. The van der Waals surface area contributed by atoms with E-state index < -0.39 is 0 Å². The zero-order valence-electron chi connectivity index (χ0n) is 18.4. The molecule has 0 aliphatic carbocycles. The monoisotopic (exact) mass is 432 g/mol. The summed E-state index contributed by atoms with van der Waals surface area (Å²) in [5.74, 6) is 0.977. The molecule has 8 nitrogen and oxygen atoms in total. The molecule has 2 saturated heterocycles. The fourth-order valence-electron chi connectivity index (χ4n) is 4.86. The van der Waals surface area contributed by atoms with Crippen LogP contribution in [0.4, 0.5) is 5.95 Å². The molecule has 5 rings (SSSR count). The lowest BCUT2D eigenvalue weighted by molar-refractivity contribution is -0.135. The predicted octanol–water partition coefficient (Wildman–Crippen LogP) is 2.46. The zero-order valence-corrected chi connectivity index (χ0v) is 18.4. The van der Waals surface area contributed by atoms with E-state index in [-0.39, 0.29) is 11.3 Å². The Kier molecular flexibility index (Phi) is 5.61. The van der Waals surface area contributed by atoms with Crippen LogP contribution < -0.4 is 4.90 Å². The third kappa shape index (κ3) is 3.86. The Hall–Kier alpha value is -3.26. The van der Waals surface area contributed by atoms with Crippen LogP contribution in [-0.4, -0.2) is 70.9 Å². The Morgan fingerprint density at radius 2 is 1.75 bits per heavy atom. The third-order valence-corrected chi connectivity index (χ3v) is 6.71. The highest BCUT2D eigenvalue weighted by Crippen LogP contribution is 2.41. The van der Waals surface area contributed by atoms with Crippen molar-refractivity contribution in [1.82, 2.24) is 25.1 Å². The normalized spacial score (nSPS) is 20.6. The number of anilines is 1. The van der Waals surface area contributed by atoms with Crippen LogP contribution in [-0.2, 0) is 16.1 Å². The SMILES string of the molecule is COCCN1CCC2(CCN(c3nnnn3Cc3ccc(-c4ccccc4)cc3)C2)C1=O. The summed E-state index contributed by atoms with van der Waals surface area (Å²) in [7, 11) is 1.67. The summed E-state index contributed by atoms with van der Waals surface area (Å²) in [5, 5.41) is 12.4. The van der Waals surface area contributed by atoms with Gasteiger partial charge in [-0.25, -0.2) is 4.68 Å². The van der Waals surface area contributed by atoms with E-state index in [9.17, 15) is 4.79 Å². The van der Waals surface area contributed by atoms with E-state index in [1.54, 1.807) is 7.11 Å². The maximum atomic E-state index is 13.1. The van der Waals surface area contributed by atoms with Gasteiger partial charge in [0.05, 0.1) is 18.6 Å². The molecule has 0 bridgehead atoms. The Morgan fingerprint density at radius 3 is 2.53 bits per heavy atom. The van der Waals surface area contributed by atoms with Crippen molar-refractivity contribution in [3.8, 4) is 11.1 Å². The third-order valence-electron chi connectivity index (χ3n) is 6.71. The smallest absolute Gasteiger partial charge is 0.245 e. The van der Waals surface area contributed by atoms with Crippen LogP contribution in [0.25, 0.3) is 11.1 Å². The lowest BCUT2D eigenvalue weighted by Crippen LogP contribution is -2.38. The van der Waals surface area contributed by atoms with Crippen LogP contribution in [0.5, 0.6) is 0 Å². The van der Waals surface area contributed by atoms with Gasteiger partial charge < -0.3 is 14.5 Å². The van der Waals surface area contributed by atoms with Gasteiger partial charge in [-0.15, -0.1) is 0 Å². The van der Waals surface area contributed by atoms with Gasteiger partial charge in [0.1, 0.15) is 0 Å². The molecule has 0 saturated carbocycles. The number of carbonyl (C=O) groups is 1. The summed E-state index contributed by atoms with van der Waals surface area (Å²) in [6.45, 7) is 4.09. The van der Waals surface area contributed by atoms with Crippen molar-refractivity contribution in [2.45, 2.75) is 19.4 Å². The average molecular weight is 433 g/mol. The molecule has 2 aromatic carbocycles. The molecule has 1 amide bonds. The molecule has 1 aromatic heterocycles. The number of likely N-dealkylation sites (tertiary alicyclic amines) is 1. The Bertz CT molecular complexity index is 1070. The second-order valence-corrected chi connectivity index (χ2v) is 8.69. The molecule has 0 radical (unpaired) electrons. The number of benzene rings is 2. The van der Waals surface area contributed by atoms with Gasteiger partial charge in [-0.2, -0.15) is 0 Å². The highest BCUT2D eigenvalue weighted by molar-refractivity contribution is 5.86. The first kappa shape index (κ1) is 20.6. The number of ether oxygens (including phenoxy) is 1. The van der Waals surface area contributed by atoms with Crippen molar-refractivity contribution in [3.05, 3.63) is 60.2 Å². The van der Waals surface area contributed by atoms with Gasteiger partial charge in [-0.1, -0.05) is 59.7 Å². The minimum atomic E-state index is -0.318. The first-order valence-corrected chi connectivity index (χ1v) is 11.1. The van der Waals surface area contributed by atoms with Crippen molar-refractivity contribution in [3.63, 3.8) is 0 Å². The fraction of sp³-hybridized carbons (Fsp3) is 0.417. The number of nitrogens with zero attached hydrogens (tertiary/aromatic N) is 6. The van der Waals surface area contributed by atoms with Crippen LogP contribution in [0.15, 0.2) is 54.6 Å². The quantitative estimate of drug-likeness (QED) is 0.571. The molecular formula is C24H28N6O2. The van der Waals surface area contributed by atoms with Crippen LogP contribution in [0.2, 0.25) is 0 Å².